The molecular weight excluding hydrogens is 362 g/mol. The lowest BCUT2D eigenvalue weighted by molar-refractivity contribution is 0.0917. The molecule has 6 heteroatoms. The van der Waals surface area contributed by atoms with Gasteiger partial charge in [-0.2, -0.15) is 5.10 Å². The van der Waals surface area contributed by atoms with Gasteiger partial charge in [0.2, 0.25) is 0 Å². The van der Waals surface area contributed by atoms with Crippen LogP contribution in [0, 0.1) is 12.8 Å². The topological polar surface area (TPSA) is 60.8 Å². The Hall–Kier alpha value is -2.21. The van der Waals surface area contributed by atoms with Gasteiger partial charge in [0.15, 0.2) is 0 Å². The summed E-state index contributed by atoms with van der Waals surface area (Å²) in [6.45, 7) is 9.45. The molecule has 2 aliphatic rings. The first-order chi connectivity index (χ1) is 13.9. The predicted molar refractivity (Wildman–Crippen MR) is 118 cm³/mol. The summed E-state index contributed by atoms with van der Waals surface area (Å²) in [5.74, 6) is 0.451. The molecule has 1 aliphatic heterocycles. The Labute approximate surface area is 175 Å². The molecule has 1 aromatic rings. The van der Waals surface area contributed by atoms with Crippen LogP contribution < -0.4 is 5.32 Å². The van der Waals surface area contributed by atoms with E-state index in [1.54, 1.807) is 12.4 Å². The molecule has 2 heterocycles. The van der Waals surface area contributed by atoms with Gasteiger partial charge in [-0.15, -0.1) is 0 Å². The van der Waals surface area contributed by atoms with E-state index in [1.807, 2.05) is 24.2 Å². The number of hydrogen-bond donors (Lipinski definition) is 1. The van der Waals surface area contributed by atoms with Gasteiger partial charge in [0.25, 0.3) is 5.91 Å². The first kappa shape index (κ1) is 21.5. The van der Waals surface area contributed by atoms with Crippen molar-refractivity contribution in [2.45, 2.75) is 71.5 Å². The molecule has 0 bridgehead atoms. The third-order valence-electron chi connectivity index (χ3n) is 6.14. The molecule has 1 aromatic heterocycles. The maximum absolute atomic E-state index is 12.7. The molecule has 1 N–H and O–H groups in total. The molecule has 1 amide bonds. The van der Waals surface area contributed by atoms with Gasteiger partial charge in [-0.25, -0.2) is 0 Å². The van der Waals surface area contributed by atoms with Crippen molar-refractivity contribution in [1.29, 1.82) is 0 Å². The Morgan fingerprint density at radius 2 is 2.14 bits per heavy atom. The molecule has 1 fully saturated rings. The van der Waals surface area contributed by atoms with Crippen molar-refractivity contribution in [2.75, 3.05) is 13.6 Å². The highest BCUT2D eigenvalue weighted by molar-refractivity contribution is 5.94. The molecule has 3 atom stereocenters. The normalized spacial score (nSPS) is 24.3. The number of hydrogen-bond acceptors (Lipinski definition) is 5. The largest absolute Gasteiger partial charge is 0.349 e. The molecule has 6 nitrogen and oxygen atoms in total. The lowest BCUT2D eigenvalue weighted by Crippen LogP contribution is -2.44. The third-order valence-corrected chi connectivity index (χ3v) is 6.14. The minimum atomic E-state index is -0.00766. The van der Waals surface area contributed by atoms with Crippen molar-refractivity contribution in [3.8, 4) is 0 Å². The standard InChI is InChI=1S/C23H35N5O/c1-6-20-21(26-23(29)19-11-17(4)12-24-13-19)7-8-22(20)27(5)14-18-9-10-25-28(15-18)16(2)3/h10-13,15-16,20-22H,6-9,14H2,1-5H3,(H,26,29). The Morgan fingerprint density at radius 3 is 2.83 bits per heavy atom. The van der Waals surface area contributed by atoms with Crippen molar-refractivity contribution in [1.82, 2.24) is 20.2 Å². The fourth-order valence-corrected chi connectivity index (χ4v) is 4.61. The number of aromatic nitrogens is 1. The number of nitrogens with zero attached hydrogens (tertiary/aromatic N) is 4. The summed E-state index contributed by atoms with van der Waals surface area (Å²) in [6, 6.07) is 2.97. The molecule has 0 radical (unpaired) electrons. The highest BCUT2D eigenvalue weighted by Gasteiger charge is 2.38. The van der Waals surface area contributed by atoms with E-state index in [0.29, 0.717) is 23.6 Å². The van der Waals surface area contributed by atoms with Crippen LogP contribution in [0.1, 0.15) is 62.4 Å². The molecule has 0 aromatic carbocycles. The van der Waals surface area contributed by atoms with E-state index >= 15 is 0 Å². The van der Waals surface area contributed by atoms with E-state index in [-0.39, 0.29) is 11.9 Å². The average molecular weight is 398 g/mol. The summed E-state index contributed by atoms with van der Waals surface area (Å²) in [5.41, 5.74) is 3.05. The molecule has 3 rings (SSSR count). The molecule has 29 heavy (non-hydrogen) atoms. The van der Waals surface area contributed by atoms with Gasteiger partial charge in [0.05, 0.1) is 5.56 Å². The number of likely N-dealkylation sites (N-methyl/N-ethyl adjacent to an activating group) is 1. The first-order valence-corrected chi connectivity index (χ1v) is 10.8. The van der Waals surface area contributed by atoms with Crippen molar-refractivity contribution in [3.05, 3.63) is 41.4 Å². The number of pyridine rings is 1. The van der Waals surface area contributed by atoms with Gasteiger partial charge in [0, 0.05) is 55.9 Å². The minimum absolute atomic E-state index is 0.00766. The van der Waals surface area contributed by atoms with E-state index in [2.05, 4.69) is 54.3 Å². The number of nitrogens with one attached hydrogen (secondary N) is 1. The van der Waals surface area contributed by atoms with E-state index in [9.17, 15) is 4.79 Å². The minimum Gasteiger partial charge on any atom is -0.349 e. The summed E-state index contributed by atoms with van der Waals surface area (Å²) in [5, 5.41) is 9.78. The van der Waals surface area contributed by atoms with Crippen LogP contribution in [0.5, 0.6) is 0 Å². The Bertz CT molecular complexity index is 772. The summed E-state index contributed by atoms with van der Waals surface area (Å²) in [6.07, 6.45) is 11.7. The first-order valence-electron chi connectivity index (χ1n) is 10.8. The molecule has 158 valence electrons. The van der Waals surface area contributed by atoms with Crippen LogP contribution in [0.3, 0.4) is 0 Å². The van der Waals surface area contributed by atoms with Gasteiger partial charge in [0.1, 0.15) is 0 Å². The molecule has 0 saturated heterocycles. The quantitative estimate of drug-likeness (QED) is 0.764. The van der Waals surface area contributed by atoms with Crippen LogP contribution in [0.4, 0.5) is 0 Å². The Kier molecular flexibility index (Phi) is 7.06. The Morgan fingerprint density at radius 1 is 1.34 bits per heavy atom. The average Bonchev–Trinajstić information content (AvgIpc) is 3.10. The maximum Gasteiger partial charge on any atom is 0.253 e. The van der Waals surface area contributed by atoms with Crippen LogP contribution >= 0.6 is 0 Å². The fourth-order valence-electron chi connectivity index (χ4n) is 4.61. The number of carbonyl (C=O) groups excluding carboxylic acids is 1. The van der Waals surface area contributed by atoms with Crippen LogP contribution in [0.2, 0.25) is 0 Å². The third kappa shape index (κ3) is 5.24. The number of carbonyl (C=O) groups is 1. The summed E-state index contributed by atoms with van der Waals surface area (Å²) >= 11 is 0. The van der Waals surface area contributed by atoms with E-state index in [4.69, 9.17) is 0 Å². The summed E-state index contributed by atoms with van der Waals surface area (Å²) < 4.78 is 0. The zero-order valence-electron chi connectivity index (χ0n) is 18.4. The second-order valence-corrected chi connectivity index (χ2v) is 8.73. The second-order valence-electron chi connectivity index (χ2n) is 8.73. The highest BCUT2D eigenvalue weighted by Crippen LogP contribution is 2.33. The molecule has 3 unspecified atom stereocenters. The highest BCUT2D eigenvalue weighted by atomic mass is 16.1. The molecular formula is C23H35N5O. The second kappa shape index (κ2) is 9.53. The van der Waals surface area contributed by atoms with Crippen molar-refractivity contribution < 1.29 is 4.79 Å². The number of hydrazone groups is 1. The van der Waals surface area contributed by atoms with Gasteiger partial charge >= 0.3 is 0 Å². The van der Waals surface area contributed by atoms with Crippen LogP contribution in [0.15, 0.2) is 35.3 Å². The lowest BCUT2D eigenvalue weighted by atomic mass is 9.95. The summed E-state index contributed by atoms with van der Waals surface area (Å²) in [7, 11) is 2.22. The van der Waals surface area contributed by atoms with Gasteiger partial charge < -0.3 is 5.32 Å². The number of aryl methyl sites for hydroxylation is 1. The SMILES string of the molecule is CCC1C(NC(=O)c2cncc(C)c2)CCC1N(C)CC1=CN(C(C)C)N=CC1. The zero-order chi connectivity index (χ0) is 21.0. The molecule has 0 spiro atoms. The van der Waals surface area contributed by atoms with Crippen LogP contribution in [-0.2, 0) is 0 Å². The predicted octanol–water partition coefficient (Wildman–Crippen LogP) is 3.59. The van der Waals surface area contributed by atoms with Crippen LogP contribution in [-0.4, -0.2) is 58.7 Å². The lowest BCUT2D eigenvalue weighted by Gasteiger charge is -2.33. The summed E-state index contributed by atoms with van der Waals surface area (Å²) in [4.78, 5) is 19.3. The van der Waals surface area contributed by atoms with E-state index < -0.39 is 0 Å². The van der Waals surface area contributed by atoms with Gasteiger partial charge in [-0.1, -0.05) is 6.92 Å². The van der Waals surface area contributed by atoms with Crippen molar-refractivity contribution in [2.24, 2.45) is 11.0 Å². The van der Waals surface area contributed by atoms with Crippen molar-refractivity contribution >= 4 is 12.1 Å². The smallest absolute Gasteiger partial charge is 0.253 e. The molecule has 1 saturated carbocycles. The zero-order valence-corrected chi connectivity index (χ0v) is 18.4. The maximum atomic E-state index is 12.7. The van der Waals surface area contributed by atoms with E-state index in [0.717, 1.165) is 37.8 Å². The van der Waals surface area contributed by atoms with Gasteiger partial charge in [-0.3, -0.25) is 19.7 Å². The fraction of sp³-hybridized carbons (Fsp3) is 0.609. The number of rotatable bonds is 7. The monoisotopic (exact) mass is 397 g/mol. The Balaban J connectivity index is 1.62. The van der Waals surface area contributed by atoms with E-state index in [1.165, 1.54) is 5.57 Å². The van der Waals surface area contributed by atoms with Crippen LogP contribution in [0.25, 0.3) is 0 Å². The number of amides is 1. The van der Waals surface area contributed by atoms with Gasteiger partial charge in [-0.05, 0) is 70.2 Å². The van der Waals surface area contributed by atoms with Crippen molar-refractivity contribution in [3.63, 3.8) is 0 Å². The molecule has 1 aliphatic carbocycles.